The van der Waals surface area contributed by atoms with Gasteiger partial charge in [0.15, 0.2) is 0 Å². The molecule has 0 saturated heterocycles. The minimum Gasteiger partial charge on any atom is -0.489 e. The van der Waals surface area contributed by atoms with Gasteiger partial charge in [-0.15, -0.1) is 0 Å². The third-order valence-corrected chi connectivity index (χ3v) is 8.11. The Morgan fingerprint density at radius 1 is 1.11 bits per heavy atom. The number of rotatable bonds is 6. The highest BCUT2D eigenvalue weighted by Crippen LogP contribution is 2.57. The zero-order valence-electron chi connectivity index (χ0n) is 15.9. The van der Waals surface area contributed by atoms with Gasteiger partial charge in [0.25, 0.3) is 0 Å². The Hall–Kier alpha value is -1.11. The van der Waals surface area contributed by atoms with Crippen molar-refractivity contribution in [2.45, 2.75) is 53.7 Å². The first-order chi connectivity index (χ1) is 13.1. The molecule has 5 unspecified atom stereocenters. The lowest BCUT2D eigenvalue weighted by Crippen LogP contribution is -2.56. The van der Waals surface area contributed by atoms with E-state index in [1.807, 2.05) is 18.2 Å². The van der Waals surface area contributed by atoms with Crippen LogP contribution >= 0.6 is 22.6 Å². The Morgan fingerprint density at radius 3 is 2.52 bits per heavy atom. The van der Waals surface area contributed by atoms with Crippen molar-refractivity contribution in [1.82, 2.24) is 5.32 Å². The summed E-state index contributed by atoms with van der Waals surface area (Å²) in [6.07, 6.45) is 4.74. The summed E-state index contributed by atoms with van der Waals surface area (Å²) in [6, 6.07) is 19.6. The molecule has 0 aliphatic heterocycles. The summed E-state index contributed by atoms with van der Waals surface area (Å²) in [7, 11) is 2.07. The van der Waals surface area contributed by atoms with Gasteiger partial charge in [0.05, 0.1) is 0 Å². The first-order valence-electron chi connectivity index (χ1n) is 9.97. The molecule has 2 aliphatic carbocycles. The van der Waals surface area contributed by atoms with Crippen molar-refractivity contribution in [2.75, 3.05) is 7.05 Å². The van der Waals surface area contributed by atoms with Gasteiger partial charge in [-0.2, -0.15) is 0 Å². The van der Waals surface area contributed by atoms with Gasteiger partial charge >= 0.3 is 0 Å². The second-order valence-corrected chi connectivity index (χ2v) is 9.64. The lowest BCUT2D eigenvalue weighted by molar-refractivity contribution is 0.243. The second-order valence-electron chi connectivity index (χ2n) is 8.13. The molecular formula is C23H29IN2O. The molecule has 27 heavy (non-hydrogen) atoms. The first kappa shape index (κ1) is 19.2. The predicted octanol–water partition coefficient (Wildman–Crippen LogP) is 4.64. The largest absolute Gasteiger partial charge is 0.489 e. The van der Waals surface area contributed by atoms with Crippen LogP contribution in [0.15, 0.2) is 54.6 Å². The van der Waals surface area contributed by atoms with Crippen LogP contribution < -0.4 is 15.8 Å². The van der Waals surface area contributed by atoms with Crippen LogP contribution in [0.25, 0.3) is 0 Å². The van der Waals surface area contributed by atoms with E-state index in [4.69, 9.17) is 10.5 Å². The second kappa shape index (κ2) is 8.10. The van der Waals surface area contributed by atoms with Gasteiger partial charge in [-0.25, -0.2) is 0 Å². The molecule has 144 valence electrons. The maximum absolute atomic E-state index is 6.93. The standard InChI is InChI=1S/C23H29IN2O/c1-26-18-11-12-23(25,22(24)13-18)21-14-20(21)17-7-9-19(10-8-17)27-15-16-5-3-2-4-6-16/h2-10,18,20-22,26H,11-15,25H2,1H3. The van der Waals surface area contributed by atoms with E-state index in [1.54, 1.807) is 0 Å². The maximum Gasteiger partial charge on any atom is 0.119 e. The van der Waals surface area contributed by atoms with Crippen LogP contribution in [0.2, 0.25) is 0 Å². The van der Waals surface area contributed by atoms with Crippen LogP contribution in [-0.4, -0.2) is 22.6 Å². The van der Waals surface area contributed by atoms with E-state index < -0.39 is 0 Å². The van der Waals surface area contributed by atoms with E-state index in [2.05, 4.69) is 71.4 Å². The average molecular weight is 476 g/mol. The van der Waals surface area contributed by atoms with Gasteiger partial charge in [0, 0.05) is 15.5 Å². The van der Waals surface area contributed by atoms with Crippen LogP contribution in [0.1, 0.15) is 42.7 Å². The molecular weight excluding hydrogens is 447 g/mol. The van der Waals surface area contributed by atoms with Crippen molar-refractivity contribution in [2.24, 2.45) is 11.7 Å². The number of ether oxygens (including phenoxy) is 1. The van der Waals surface area contributed by atoms with Crippen molar-refractivity contribution in [3.05, 3.63) is 65.7 Å². The van der Waals surface area contributed by atoms with Crippen molar-refractivity contribution in [3.63, 3.8) is 0 Å². The molecule has 3 N–H and O–H groups in total. The summed E-state index contributed by atoms with van der Waals surface area (Å²) in [6.45, 7) is 0.612. The molecule has 0 aromatic heterocycles. The smallest absolute Gasteiger partial charge is 0.119 e. The number of hydrogen-bond donors (Lipinski definition) is 2. The molecule has 0 heterocycles. The van der Waals surface area contributed by atoms with E-state index in [0.717, 1.165) is 12.2 Å². The van der Waals surface area contributed by atoms with Gasteiger partial charge in [-0.3, -0.25) is 0 Å². The lowest BCUT2D eigenvalue weighted by atomic mass is 9.76. The maximum atomic E-state index is 6.93. The zero-order chi connectivity index (χ0) is 18.9. The van der Waals surface area contributed by atoms with E-state index >= 15 is 0 Å². The summed E-state index contributed by atoms with van der Waals surface area (Å²) in [5.41, 5.74) is 9.53. The van der Waals surface area contributed by atoms with E-state index in [-0.39, 0.29) is 5.54 Å². The fourth-order valence-electron chi connectivity index (χ4n) is 4.56. The highest BCUT2D eigenvalue weighted by molar-refractivity contribution is 14.1. The normalized spacial score (nSPS) is 32.9. The number of benzene rings is 2. The third-order valence-electron chi connectivity index (χ3n) is 6.45. The van der Waals surface area contributed by atoms with Crippen LogP contribution in [0.5, 0.6) is 5.75 Å². The quantitative estimate of drug-likeness (QED) is 0.472. The Labute approximate surface area is 176 Å². The Morgan fingerprint density at radius 2 is 1.85 bits per heavy atom. The van der Waals surface area contributed by atoms with Crippen LogP contribution in [0.4, 0.5) is 0 Å². The van der Waals surface area contributed by atoms with Gasteiger partial charge in [-0.1, -0.05) is 65.1 Å². The number of halogens is 1. The van der Waals surface area contributed by atoms with Gasteiger partial charge in [0.1, 0.15) is 12.4 Å². The molecule has 2 aromatic carbocycles. The van der Waals surface area contributed by atoms with E-state index in [1.165, 1.54) is 30.4 Å². The molecule has 2 aliphatic rings. The molecule has 0 bridgehead atoms. The van der Waals surface area contributed by atoms with Gasteiger partial charge < -0.3 is 15.8 Å². The van der Waals surface area contributed by atoms with Gasteiger partial charge in [-0.05, 0) is 67.8 Å². The molecule has 0 spiro atoms. The van der Waals surface area contributed by atoms with Crippen molar-refractivity contribution in [3.8, 4) is 5.75 Å². The Kier molecular flexibility index (Phi) is 5.76. The number of alkyl halides is 1. The first-order valence-corrected chi connectivity index (χ1v) is 11.2. The molecule has 2 saturated carbocycles. The van der Waals surface area contributed by atoms with Crippen LogP contribution in [0.3, 0.4) is 0 Å². The molecule has 3 nitrogen and oxygen atoms in total. The summed E-state index contributed by atoms with van der Waals surface area (Å²) >= 11 is 2.60. The minimum atomic E-state index is -0.0128. The molecule has 0 amide bonds. The summed E-state index contributed by atoms with van der Waals surface area (Å²) in [5.74, 6) is 2.17. The number of nitrogens with one attached hydrogen (secondary N) is 1. The lowest BCUT2D eigenvalue weighted by Gasteiger charge is -2.42. The van der Waals surface area contributed by atoms with E-state index in [9.17, 15) is 0 Å². The topological polar surface area (TPSA) is 47.3 Å². The SMILES string of the molecule is CNC1CCC(N)(C2CC2c2ccc(OCc3ccccc3)cc2)C(I)C1. The minimum absolute atomic E-state index is 0.0128. The van der Waals surface area contributed by atoms with Crippen molar-refractivity contribution < 1.29 is 4.74 Å². The molecule has 0 radical (unpaired) electrons. The Bertz CT molecular complexity index is 751. The summed E-state index contributed by atoms with van der Waals surface area (Å²) in [4.78, 5) is 0. The third kappa shape index (κ3) is 4.17. The summed E-state index contributed by atoms with van der Waals surface area (Å²) < 4.78 is 6.46. The molecule has 2 fully saturated rings. The van der Waals surface area contributed by atoms with E-state index in [0.29, 0.717) is 28.4 Å². The number of hydrogen-bond acceptors (Lipinski definition) is 3. The van der Waals surface area contributed by atoms with Crippen LogP contribution in [-0.2, 0) is 6.61 Å². The predicted molar refractivity (Wildman–Crippen MR) is 119 cm³/mol. The van der Waals surface area contributed by atoms with Crippen molar-refractivity contribution in [1.29, 1.82) is 0 Å². The highest BCUT2D eigenvalue weighted by atomic mass is 127. The monoisotopic (exact) mass is 476 g/mol. The molecule has 4 heteroatoms. The average Bonchev–Trinajstić information content (AvgIpc) is 3.51. The van der Waals surface area contributed by atoms with Crippen molar-refractivity contribution >= 4 is 22.6 Å². The molecule has 4 rings (SSSR count). The van der Waals surface area contributed by atoms with Crippen LogP contribution in [0, 0.1) is 5.92 Å². The molecule has 2 aromatic rings. The highest BCUT2D eigenvalue weighted by Gasteiger charge is 2.55. The van der Waals surface area contributed by atoms with Gasteiger partial charge in [0.2, 0.25) is 0 Å². The Balaban J connectivity index is 1.35. The summed E-state index contributed by atoms with van der Waals surface area (Å²) in [5, 5.41) is 3.43. The fourth-order valence-corrected chi connectivity index (χ4v) is 5.94. The molecule has 5 atom stereocenters. The zero-order valence-corrected chi connectivity index (χ0v) is 18.1. The fraction of sp³-hybridized carbons (Fsp3) is 0.478. The number of nitrogens with two attached hydrogens (primary N) is 1.